The molecule has 0 radical (unpaired) electrons. The monoisotopic (exact) mass is 270 g/mol. The minimum absolute atomic E-state index is 0.0652. The molecule has 18 heavy (non-hydrogen) atoms. The lowest BCUT2D eigenvalue weighted by molar-refractivity contribution is 0.300. The SMILES string of the molecule is CC12CC([S+]([O-])C3CCC4OC4(C)C3)CCC1O2. The Morgan fingerprint density at radius 3 is 1.72 bits per heavy atom. The van der Waals surface area contributed by atoms with Crippen LogP contribution < -0.4 is 0 Å². The summed E-state index contributed by atoms with van der Waals surface area (Å²) in [5.74, 6) is 0. The summed E-state index contributed by atoms with van der Waals surface area (Å²) in [4.78, 5) is 0. The second-order valence-electron chi connectivity index (χ2n) is 6.97. The van der Waals surface area contributed by atoms with Gasteiger partial charge in [0.15, 0.2) is 0 Å². The van der Waals surface area contributed by atoms with Crippen LogP contribution in [0, 0.1) is 0 Å². The van der Waals surface area contributed by atoms with Crippen LogP contribution >= 0.6 is 0 Å². The second kappa shape index (κ2) is 3.66. The van der Waals surface area contributed by atoms with Gasteiger partial charge in [0, 0.05) is 12.8 Å². The molecule has 0 aromatic rings. The average molecular weight is 270 g/mol. The van der Waals surface area contributed by atoms with E-state index in [4.69, 9.17) is 9.47 Å². The van der Waals surface area contributed by atoms with E-state index in [2.05, 4.69) is 13.8 Å². The summed E-state index contributed by atoms with van der Waals surface area (Å²) < 4.78 is 24.2. The van der Waals surface area contributed by atoms with Crippen molar-refractivity contribution in [2.75, 3.05) is 0 Å². The maximum Gasteiger partial charge on any atom is 0.118 e. The largest absolute Gasteiger partial charge is 0.616 e. The van der Waals surface area contributed by atoms with Gasteiger partial charge in [-0.15, -0.1) is 0 Å². The first kappa shape index (κ1) is 12.0. The summed E-state index contributed by atoms with van der Waals surface area (Å²) in [5, 5.41) is 0.718. The normalized spacial score (nSPS) is 59.5. The second-order valence-corrected chi connectivity index (χ2v) is 8.96. The van der Waals surface area contributed by atoms with Crippen LogP contribution in [0.1, 0.15) is 52.4 Å². The molecule has 2 saturated heterocycles. The standard InChI is InChI=1S/C14H22O3S/c1-13-7-9(3-5-11(13)16-13)18(15)10-4-6-12-14(2,8-10)17-12/h9-12H,3-8H2,1-2H3. The molecule has 2 heterocycles. The van der Waals surface area contributed by atoms with E-state index >= 15 is 0 Å². The first-order chi connectivity index (χ1) is 8.50. The van der Waals surface area contributed by atoms with Gasteiger partial charge in [0.05, 0.1) is 23.4 Å². The highest BCUT2D eigenvalue weighted by atomic mass is 32.2. The van der Waals surface area contributed by atoms with Crippen molar-refractivity contribution in [3.05, 3.63) is 0 Å². The molecule has 4 aliphatic rings. The van der Waals surface area contributed by atoms with Crippen molar-refractivity contribution in [3.63, 3.8) is 0 Å². The number of ether oxygens (including phenoxy) is 2. The van der Waals surface area contributed by atoms with Crippen LogP contribution in [-0.2, 0) is 20.6 Å². The van der Waals surface area contributed by atoms with E-state index in [-0.39, 0.29) is 11.2 Å². The first-order valence-corrected chi connectivity index (χ1v) is 8.53. The van der Waals surface area contributed by atoms with E-state index in [0.717, 1.165) is 38.5 Å². The highest BCUT2D eigenvalue weighted by Gasteiger charge is 2.61. The summed E-state index contributed by atoms with van der Waals surface area (Å²) in [7, 11) is 0. The van der Waals surface area contributed by atoms with Crippen molar-refractivity contribution in [2.24, 2.45) is 0 Å². The summed E-state index contributed by atoms with van der Waals surface area (Å²) in [6, 6.07) is 0. The van der Waals surface area contributed by atoms with E-state index in [1.54, 1.807) is 0 Å². The number of fused-ring (bicyclic) bond motifs is 2. The predicted octanol–water partition coefficient (Wildman–Crippen LogP) is 2.16. The molecular formula is C14H22O3S. The molecule has 6 unspecified atom stereocenters. The fourth-order valence-corrected chi connectivity index (χ4v) is 6.39. The zero-order chi connectivity index (χ0) is 12.5. The third-order valence-corrected chi connectivity index (χ3v) is 7.61. The van der Waals surface area contributed by atoms with Gasteiger partial charge < -0.3 is 14.0 Å². The smallest absolute Gasteiger partial charge is 0.118 e. The van der Waals surface area contributed by atoms with Crippen LogP contribution in [-0.4, -0.2) is 38.5 Å². The Hall–Kier alpha value is 0.230. The average Bonchev–Trinajstić information content (AvgIpc) is 3.18. The van der Waals surface area contributed by atoms with E-state index in [1.165, 1.54) is 0 Å². The van der Waals surface area contributed by atoms with Gasteiger partial charge in [-0.05, 0) is 50.7 Å². The molecule has 0 amide bonds. The van der Waals surface area contributed by atoms with Crippen molar-refractivity contribution in [1.82, 2.24) is 0 Å². The molecule has 2 aliphatic heterocycles. The number of rotatable bonds is 2. The summed E-state index contributed by atoms with van der Waals surface area (Å²) >= 11 is -0.693. The van der Waals surface area contributed by atoms with Crippen molar-refractivity contribution in [2.45, 2.75) is 86.3 Å². The van der Waals surface area contributed by atoms with E-state index in [9.17, 15) is 4.55 Å². The number of epoxide rings is 2. The molecule has 4 heteroatoms. The van der Waals surface area contributed by atoms with Gasteiger partial charge in [-0.2, -0.15) is 0 Å². The lowest BCUT2D eigenvalue weighted by atomic mass is 9.90. The predicted molar refractivity (Wildman–Crippen MR) is 70.0 cm³/mol. The quantitative estimate of drug-likeness (QED) is 0.570. The van der Waals surface area contributed by atoms with E-state index in [0.29, 0.717) is 22.7 Å². The zero-order valence-corrected chi connectivity index (χ0v) is 12.0. The molecule has 2 aliphatic carbocycles. The molecule has 0 aromatic carbocycles. The Morgan fingerprint density at radius 1 is 0.889 bits per heavy atom. The Bertz CT molecular complexity index is 342. The Labute approximate surface area is 112 Å². The maximum absolute atomic E-state index is 12.8. The van der Waals surface area contributed by atoms with Crippen molar-refractivity contribution < 1.29 is 14.0 Å². The van der Waals surface area contributed by atoms with Gasteiger partial charge in [0.2, 0.25) is 0 Å². The molecule has 6 atom stereocenters. The lowest BCUT2D eigenvalue weighted by Gasteiger charge is -2.33. The van der Waals surface area contributed by atoms with Crippen molar-refractivity contribution >= 4 is 11.2 Å². The highest BCUT2D eigenvalue weighted by Crippen LogP contribution is 2.52. The van der Waals surface area contributed by atoms with Crippen molar-refractivity contribution in [3.8, 4) is 0 Å². The van der Waals surface area contributed by atoms with E-state index < -0.39 is 11.2 Å². The fraction of sp³-hybridized carbons (Fsp3) is 1.00. The van der Waals surface area contributed by atoms with Gasteiger partial charge in [-0.3, -0.25) is 0 Å². The van der Waals surface area contributed by atoms with Gasteiger partial charge >= 0.3 is 0 Å². The summed E-state index contributed by atoms with van der Waals surface area (Å²) in [6.45, 7) is 4.37. The summed E-state index contributed by atoms with van der Waals surface area (Å²) in [5.41, 5.74) is 0.130. The van der Waals surface area contributed by atoms with Gasteiger partial charge in [0.1, 0.15) is 10.5 Å². The third-order valence-electron chi connectivity index (χ3n) is 5.50. The fourth-order valence-electron chi connectivity index (χ4n) is 4.12. The molecule has 3 nitrogen and oxygen atoms in total. The topological polar surface area (TPSA) is 48.1 Å². The molecule has 102 valence electrons. The van der Waals surface area contributed by atoms with Crippen LogP contribution in [0.15, 0.2) is 0 Å². The number of hydrogen-bond donors (Lipinski definition) is 0. The van der Waals surface area contributed by atoms with Crippen molar-refractivity contribution in [1.29, 1.82) is 0 Å². The lowest BCUT2D eigenvalue weighted by Crippen LogP contribution is -2.41. The zero-order valence-electron chi connectivity index (χ0n) is 11.2. The molecule has 0 bridgehead atoms. The highest BCUT2D eigenvalue weighted by molar-refractivity contribution is 7.92. The van der Waals surface area contributed by atoms with Gasteiger partial charge in [0.25, 0.3) is 0 Å². The van der Waals surface area contributed by atoms with Crippen LogP contribution in [0.25, 0.3) is 0 Å². The molecule has 2 saturated carbocycles. The molecule has 0 spiro atoms. The summed E-state index contributed by atoms with van der Waals surface area (Å²) in [6.07, 6.45) is 7.32. The molecule has 4 fully saturated rings. The van der Waals surface area contributed by atoms with Gasteiger partial charge in [-0.1, -0.05) is 0 Å². The number of hydrogen-bond acceptors (Lipinski definition) is 3. The van der Waals surface area contributed by atoms with Crippen LogP contribution in [0.5, 0.6) is 0 Å². The van der Waals surface area contributed by atoms with Crippen LogP contribution in [0.2, 0.25) is 0 Å². The minimum Gasteiger partial charge on any atom is -0.616 e. The Kier molecular flexibility index (Phi) is 2.44. The first-order valence-electron chi connectivity index (χ1n) is 7.25. The Morgan fingerprint density at radius 2 is 1.33 bits per heavy atom. The molecule has 0 N–H and O–H groups in total. The maximum atomic E-state index is 12.8. The Balaban J connectivity index is 1.41. The van der Waals surface area contributed by atoms with Gasteiger partial charge in [-0.25, -0.2) is 0 Å². The van der Waals surface area contributed by atoms with E-state index in [1.807, 2.05) is 0 Å². The van der Waals surface area contributed by atoms with Crippen LogP contribution in [0.3, 0.4) is 0 Å². The molecular weight excluding hydrogens is 248 g/mol. The van der Waals surface area contributed by atoms with Crippen LogP contribution in [0.4, 0.5) is 0 Å². The molecule has 0 aromatic heterocycles. The minimum atomic E-state index is -0.693. The molecule has 4 rings (SSSR count). The third kappa shape index (κ3) is 1.76.